The lowest BCUT2D eigenvalue weighted by Gasteiger charge is -2.09. The first-order valence-electron chi connectivity index (χ1n) is 2.64. The van der Waals surface area contributed by atoms with Crippen LogP contribution < -0.4 is 5.73 Å². The summed E-state index contributed by atoms with van der Waals surface area (Å²) in [7, 11) is 2.02. The summed E-state index contributed by atoms with van der Waals surface area (Å²) < 4.78 is 0. The van der Waals surface area contributed by atoms with Gasteiger partial charge in [-0.05, 0) is 13.6 Å². The summed E-state index contributed by atoms with van der Waals surface area (Å²) in [6.07, 6.45) is 0. The predicted molar refractivity (Wildman–Crippen MR) is 31.1 cm³/mol. The highest BCUT2D eigenvalue weighted by Gasteiger charge is 1.87. The minimum absolute atomic E-state index is 0.518. The third kappa shape index (κ3) is 3.76. The average molecular weight is 101 g/mol. The third-order valence-electron chi connectivity index (χ3n) is 1.03. The van der Waals surface area contributed by atoms with Crippen LogP contribution in [0.4, 0.5) is 0 Å². The zero-order valence-electron chi connectivity index (χ0n) is 5.07. The summed E-state index contributed by atoms with van der Waals surface area (Å²) in [5.74, 6) is 0. The molecule has 0 aliphatic heterocycles. The van der Waals surface area contributed by atoms with Gasteiger partial charge in [0.15, 0.2) is 0 Å². The van der Waals surface area contributed by atoms with Crippen LogP contribution in [0.2, 0.25) is 0 Å². The molecule has 2 nitrogen and oxygen atoms in total. The van der Waals surface area contributed by atoms with E-state index in [0.29, 0.717) is 6.54 Å². The maximum Gasteiger partial charge on any atom is 0.0228 e. The van der Waals surface area contributed by atoms with Gasteiger partial charge in [0, 0.05) is 13.1 Å². The quantitative estimate of drug-likeness (QED) is 0.499. The molecule has 0 bridgehead atoms. The van der Waals surface area contributed by atoms with Gasteiger partial charge in [-0.1, -0.05) is 6.92 Å². The Morgan fingerprint density at radius 2 is 2.14 bits per heavy atom. The van der Waals surface area contributed by atoms with E-state index in [4.69, 9.17) is 5.73 Å². The molecule has 0 aliphatic rings. The van der Waals surface area contributed by atoms with E-state index in [1.165, 1.54) is 0 Å². The molecular formula is C5H13N2. The van der Waals surface area contributed by atoms with Crippen LogP contribution in [0.5, 0.6) is 0 Å². The molecule has 7 heavy (non-hydrogen) atoms. The largest absolute Gasteiger partial charge is 0.305 e. The summed E-state index contributed by atoms with van der Waals surface area (Å²) in [5.41, 5.74) is 6.79. The fourth-order valence-corrected chi connectivity index (χ4v) is 0.349. The van der Waals surface area contributed by atoms with Crippen molar-refractivity contribution in [2.75, 3.05) is 26.7 Å². The van der Waals surface area contributed by atoms with E-state index in [0.717, 1.165) is 13.1 Å². The molecule has 1 radical (unpaired) electrons. The molecule has 43 valence electrons. The van der Waals surface area contributed by atoms with E-state index in [1.54, 1.807) is 0 Å². The molecule has 0 amide bonds. The fourth-order valence-electron chi connectivity index (χ4n) is 0.349. The average Bonchev–Trinajstić information content (AvgIpc) is 1.68. The SMILES string of the molecule is CCN(C)CC[NH]. The Bertz CT molecular complexity index is 37.1. The van der Waals surface area contributed by atoms with Gasteiger partial charge < -0.3 is 4.90 Å². The highest BCUT2D eigenvalue weighted by molar-refractivity contribution is 4.44. The predicted octanol–water partition coefficient (Wildman–Crippen LogP) is 0.221. The van der Waals surface area contributed by atoms with Crippen LogP contribution in [0.15, 0.2) is 0 Å². The van der Waals surface area contributed by atoms with Crippen molar-refractivity contribution in [2.45, 2.75) is 6.92 Å². The Kier molecular flexibility index (Phi) is 4.04. The summed E-state index contributed by atoms with van der Waals surface area (Å²) in [6.45, 7) is 4.56. The molecular weight excluding hydrogens is 88.1 g/mol. The van der Waals surface area contributed by atoms with Gasteiger partial charge in [-0.25, -0.2) is 0 Å². The topological polar surface area (TPSA) is 27.0 Å². The van der Waals surface area contributed by atoms with Crippen LogP contribution >= 0.6 is 0 Å². The van der Waals surface area contributed by atoms with Crippen molar-refractivity contribution in [3.63, 3.8) is 0 Å². The van der Waals surface area contributed by atoms with Gasteiger partial charge in [0.05, 0.1) is 0 Å². The van der Waals surface area contributed by atoms with Gasteiger partial charge >= 0.3 is 0 Å². The first-order valence-corrected chi connectivity index (χ1v) is 2.64. The molecule has 0 spiro atoms. The maximum atomic E-state index is 6.79. The third-order valence-corrected chi connectivity index (χ3v) is 1.03. The molecule has 0 aromatic rings. The van der Waals surface area contributed by atoms with Crippen LogP contribution in [-0.2, 0) is 0 Å². The zero-order chi connectivity index (χ0) is 5.70. The molecule has 0 saturated heterocycles. The minimum atomic E-state index is 0.518. The fraction of sp³-hybridized carbons (Fsp3) is 1.00. The molecule has 0 fully saturated rings. The van der Waals surface area contributed by atoms with Crippen molar-refractivity contribution in [1.82, 2.24) is 10.6 Å². The lowest BCUT2D eigenvalue weighted by molar-refractivity contribution is 0.361. The smallest absolute Gasteiger partial charge is 0.0228 e. The Hall–Kier alpha value is -0.0800. The second-order valence-corrected chi connectivity index (χ2v) is 1.65. The molecule has 0 rings (SSSR count). The van der Waals surface area contributed by atoms with Crippen LogP contribution in [0, 0.1) is 0 Å². The molecule has 0 atom stereocenters. The molecule has 2 heteroatoms. The minimum Gasteiger partial charge on any atom is -0.305 e. The van der Waals surface area contributed by atoms with Gasteiger partial charge in [0.1, 0.15) is 0 Å². The standard InChI is InChI=1S/C5H13N2/c1-3-7(2)5-4-6/h6H,3-5H2,1-2H3. The van der Waals surface area contributed by atoms with Gasteiger partial charge in [-0.3, -0.25) is 5.73 Å². The van der Waals surface area contributed by atoms with Crippen LogP contribution in [0.25, 0.3) is 0 Å². The number of hydrogen-bond donors (Lipinski definition) is 0. The molecule has 0 aromatic heterocycles. The number of nitrogens with zero attached hydrogens (tertiary/aromatic N) is 1. The molecule has 1 N–H and O–H groups in total. The highest BCUT2D eigenvalue weighted by atomic mass is 15.1. The summed E-state index contributed by atoms with van der Waals surface area (Å²) >= 11 is 0. The summed E-state index contributed by atoms with van der Waals surface area (Å²) in [5, 5.41) is 0. The van der Waals surface area contributed by atoms with Crippen LogP contribution in [0.3, 0.4) is 0 Å². The molecule has 0 unspecified atom stereocenters. The van der Waals surface area contributed by atoms with Crippen molar-refractivity contribution < 1.29 is 0 Å². The van der Waals surface area contributed by atoms with Crippen molar-refractivity contribution in [3.05, 3.63) is 0 Å². The van der Waals surface area contributed by atoms with Crippen LogP contribution in [-0.4, -0.2) is 31.6 Å². The Balaban J connectivity index is 2.83. The Labute approximate surface area is 45.3 Å². The molecule has 0 aliphatic carbocycles. The number of rotatable bonds is 3. The first-order chi connectivity index (χ1) is 3.31. The lowest BCUT2D eigenvalue weighted by atomic mass is 10.5. The molecule has 0 saturated carbocycles. The molecule has 0 aromatic carbocycles. The van der Waals surface area contributed by atoms with Gasteiger partial charge in [-0.2, -0.15) is 0 Å². The van der Waals surface area contributed by atoms with Gasteiger partial charge in [0.2, 0.25) is 0 Å². The number of likely N-dealkylation sites (N-methyl/N-ethyl adjacent to an activating group) is 1. The van der Waals surface area contributed by atoms with E-state index in [2.05, 4.69) is 11.8 Å². The van der Waals surface area contributed by atoms with E-state index in [9.17, 15) is 0 Å². The van der Waals surface area contributed by atoms with Crippen molar-refractivity contribution >= 4 is 0 Å². The molecule has 0 heterocycles. The van der Waals surface area contributed by atoms with E-state index in [-0.39, 0.29) is 0 Å². The van der Waals surface area contributed by atoms with E-state index < -0.39 is 0 Å². The summed E-state index contributed by atoms with van der Waals surface area (Å²) in [4.78, 5) is 2.12. The lowest BCUT2D eigenvalue weighted by Crippen LogP contribution is -2.21. The van der Waals surface area contributed by atoms with Crippen LogP contribution in [0.1, 0.15) is 6.92 Å². The summed E-state index contributed by atoms with van der Waals surface area (Å²) in [6, 6.07) is 0. The number of nitrogens with one attached hydrogen (secondary N) is 1. The van der Waals surface area contributed by atoms with Gasteiger partial charge in [0.25, 0.3) is 0 Å². The highest BCUT2D eigenvalue weighted by Crippen LogP contribution is 1.74. The van der Waals surface area contributed by atoms with Crippen molar-refractivity contribution in [1.29, 1.82) is 0 Å². The Morgan fingerprint density at radius 1 is 1.57 bits per heavy atom. The van der Waals surface area contributed by atoms with E-state index in [1.807, 2.05) is 7.05 Å². The Morgan fingerprint density at radius 3 is 2.29 bits per heavy atom. The van der Waals surface area contributed by atoms with Gasteiger partial charge in [-0.15, -0.1) is 0 Å². The normalized spacial score (nSPS) is 10.3. The maximum absolute atomic E-state index is 6.79. The van der Waals surface area contributed by atoms with E-state index >= 15 is 0 Å². The monoisotopic (exact) mass is 101 g/mol. The van der Waals surface area contributed by atoms with Crippen molar-refractivity contribution in [2.24, 2.45) is 0 Å². The number of hydrogen-bond acceptors (Lipinski definition) is 1. The van der Waals surface area contributed by atoms with Crippen molar-refractivity contribution in [3.8, 4) is 0 Å². The zero-order valence-corrected chi connectivity index (χ0v) is 5.07. The first kappa shape index (κ1) is 6.92. The second kappa shape index (κ2) is 4.09. The second-order valence-electron chi connectivity index (χ2n) is 1.65.